The maximum Gasteiger partial charge on any atom is 0.344 e. The number of benzene rings is 2. The third-order valence-corrected chi connectivity index (χ3v) is 3.67. The summed E-state index contributed by atoms with van der Waals surface area (Å²) < 4.78 is 20.2. The Morgan fingerprint density at radius 1 is 1.21 bits per heavy atom. The van der Waals surface area contributed by atoms with Crippen LogP contribution in [-0.2, 0) is 6.42 Å². The average molecular weight is 345 g/mol. The quantitative estimate of drug-likeness (QED) is 0.657. The van der Waals surface area contributed by atoms with Gasteiger partial charge in [-0.15, -0.1) is 0 Å². The second-order valence-corrected chi connectivity index (χ2v) is 5.55. The third-order valence-electron chi connectivity index (χ3n) is 3.42. The van der Waals surface area contributed by atoms with Gasteiger partial charge in [0.15, 0.2) is 0 Å². The van der Waals surface area contributed by atoms with Crippen molar-refractivity contribution in [2.45, 2.75) is 13.3 Å². The summed E-state index contributed by atoms with van der Waals surface area (Å²) in [4.78, 5) is 12.3. The Morgan fingerprint density at radius 3 is 2.62 bits per heavy atom. The highest BCUT2D eigenvalue weighted by Crippen LogP contribution is 2.22. The molecule has 6 heteroatoms. The van der Waals surface area contributed by atoms with Gasteiger partial charge in [0.25, 0.3) is 0 Å². The number of hydrogen-bond acceptors (Lipinski definition) is 3. The zero-order valence-electron chi connectivity index (χ0n) is 12.9. The molecular weight excluding hydrogens is 331 g/mol. The van der Waals surface area contributed by atoms with Crippen LogP contribution < -0.4 is 4.74 Å². The number of aromatic nitrogens is 2. The van der Waals surface area contributed by atoms with E-state index < -0.39 is 11.8 Å². The van der Waals surface area contributed by atoms with E-state index in [1.165, 1.54) is 22.9 Å². The van der Waals surface area contributed by atoms with E-state index in [4.69, 9.17) is 16.3 Å². The van der Waals surface area contributed by atoms with Gasteiger partial charge in [-0.2, -0.15) is 5.10 Å². The summed E-state index contributed by atoms with van der Waals surface area (Å²) >= 11 is 5.90. The van der Waals surface area contributed by atoms with Crippen LogP contribution >= 0.6 is 11.6 Å². The number of rotatable bonds is 4. The lowest BCUT2D eigenvalue weighted by Crippen LogP contribution is -2.12. The highest BCUT2D eigenvalue weighted by molar-refractivity contribution is 6.30. The second-order valence-electron chi connectivity index (χ2n) is 5.12. The van der Waals surface area contributed by atoms with Crippen molar-refractivity contribution in [2.24, 2.45) is 0 Å². The predicted molar refractivity (Wildman–Crippen MR) is 89.3 cm³/mol. The first kappa shape index (κ1) is 16.2. The minimum atomic E-state index is -0.646. The fraction of sp³-hybridized carbons (Fsp3) is 0.111. The van der Waals surface area contributed by atoms with Gasteiger partial charge in [0.2, 0.25) is 5.88 Å². The van der Waals surface area contributed by atoms with Gasteiger partial charge in [-0.05, 0) is 48.9 Å². The smallest absolute Gasteiger partial charge is 0.344 e. The van der Waals surface area contributed by atoms with Crippen LogP contribution in [0.25, 0.3) is 5.69 Å². The molecule has 0 saturated heterocycles. The fourth-order valence-corrected chi connectivity index (χ4v) is 2.32. The van der Waals surface area contributed by atoms with Crippen LogP contribution in [0.15, 0.2) is 54.6 Å². The van der Waals surface area contributed by atoms with E-state index >= 15 is 0 Å². The SMILES string of the molecule is CCc1cc(OC(=O)c2cccc(F)c2)n(-c2ccc(Cl)cc2)n1. The molecule has 1 aromatic heterocycles. The summed E-state index contributed by atoms with van der Waals surface area (Å²) in [7, 11) is 0. The summed E-state index contributed by atoms with van der Waals surface area (Å²) in [6.45, 7) is 1.95. The van der Waals surface area contributed by atoms with Gasteiger partial charge in [-0.3, -0.25) is 0 Å². The van der Waals surface area contributed by atoms with Gasteiger partial charge in [-0.1, -0.05) is 24.6 Å². The van der Waals surface area contributed by atoms with Gasteiger partial charge < -0.3 is 4.74 Å². The Bertz CT molecular complexity index is 875. The molecule has 0 unspecified atom stereocenters. The Balaban J connectivity index is 1.94. The Morgan fingerprint density at radius 2 is 1.96 bits per heavy atom. The number of carbonyl (C=O) groups is 1. The zero-order valence-corrected chi connectivity index (χ0v) is 13.6. The van der Waals surface area contributed by atoms with Crippen molar-refractivity contribution in [2.75, 3.05) is 0 Å². The Hall–Kier alpha value is -2.66. The first-order valence-corrected chi connectivity index (χ1v) is 7.77. The Kier molecular flexibility index (Phi) is 4.62. The number of hydrogen-bond donors (Lipinski definition) is 0. The lowest BCUT2D eigenvalue weighted by atomic mass is 10.2. The van der Waals surface area contributed by atoms with Gasteiger partial charge >= 0.3 is 5.97 Å². The summed E-state index contributed by atoms with van der Waals surface area (Å²) in [6, 6.07) is 14.0. The maximum absolute atomic E-state index is 13.3. The number of halogens is 2. The van der Waals surface area contributed by atoms with Crippen molar-refractivity contribution in [3.63, 3.8) is 0 Å². The molecule has 0 spiro atoms. The van der Waals surface area contributed by atoms with Crippen molar-refractivity contribution < 1.29 is 13.9 Å². The Labute approximate surface area is 143 Å². The predicted octanol–water partition coefficient (Wildman–Crippen LogP) is 4.45. The average Bonchev–Trinajstić information content (AvgIpc) is 2.98. The molecule has 0 aliphatic heterocycles. The van der Waals surface area contributed by atoms with Crippen molar-refractivity contribution >= 4 is 17.6 Å². The van der Waals surface area contributed by atoms with Gasteiger partial charge in [0.05, 0.1) is 16.9 Å². The number of aryl methyl sites for hydroxylation is 1. The van der Waals surface area contributed by atoms with Crippen LogP contribution in [-0.4, -0.2) is 15.7 Å². The molecule has 3 rings (SSSR count). The summed E-state index contributed by atoms with van der Waals surface area (Å²) in [6.07, 6.45) is 0.686. The number of nitrogens with zero attached hydrogens (tertiary/aromatic N) is 2. The molecule has 122 valence electrons. The fourth-order valence-electron chi connectivity index (χ4n) is 2.19. The molecule has 0 aliphatic carbocycles. The van der Waals surface area contributed by atoms with E-state index in [2.05, 4.69) is 5.10 Å². The van der Waals surface area contributed by atoms with E-state index in [9.17, 15) is 9.18 Å². The van der Waals surface area contributed by atoms with Crippen LogP contribution in [0, 0.1) is 5.82 Å². The van der Waals surface area contributed by atoms with Gasteiger partial charge in [-0.25, -0.2) is 13.9 Å². The van der Waals surface area contributed by atoms with Crippen LogP contribution in [0.3, 0.4) is 0 Å². The summed E-state index contributed by atoms with van der Waals surface area (Å²) in [5.74, 6) is -0.874. The minimum absolute atomic E-state index is 0.136. The van der Waals surface area contributed by atoms with Crippen molar-refractivity contribution in [1.29, 1.82) is 0 Å². The molecule has 1 heterocycles. The normalized spacial score (nSPS) is 10.6. The van der Waals surface area contributed by atoms with Crippen LogP contribution in [0.4, 0.5) is 4.39 Å². The summed E-state index contributed by atoms with van der Waals surface area (Å²) in [5, 5.41) is 5.01. The second kappa shape index (κ2) is 6.84. The molecule has 24 heavy (non-hydrogen) atoms. The van der Waals surface area contributed by atoms with Crippen LogP contribution in [0.5, 0.6) is 5.88 Å². The first-order valence-electron chi connectivity index (χ1n) is 7.39. The molecule has 0 amide bonds. The van der Waals surface area contributed by atoms with Gasteiger partial charge in [0.1, 0.15) is 5.82 Å². The minimum Gasteiger partial charge on any atom is -0.404 e. The van der Waals surface area contributed by atoms with E-state index in [0.29, 0.717) is 17.1 Å². The molecule has 0 radical (unpaired) electrons. The van der Waals surface area contributed by atoms with E-state index in [0.717, 1.165) is 11.8 Å². The number of carbonyl (C=O) groups excluding carboxylic acids is 1. The molecule has 0 aliphatic rings. The molecule has 0 atom stereocenters. The van der Waals surface area contributed by atoms with E-state index in [1.807, 2.05) is 6.92 Å². The topological polar surface area (TPSA) is 44.1 Å². The van der Waals surface area contributed by atoms with Crippen LogP contribution in [0.1, 0.15) is 23.0 Å². The van der Waals surface area contributed by atoms with Gasteiger partial charge in [0, 0.05) is 11.1 Å². The lowest BCUT2D eigenvalue weighted by molar-refractivity contribution is 0.0722. The van der Waals surface area contributed by atoms with E-state index in [1.54, 1.807) is 30.3 Å². The molecule has 0 fully saturated rings. The molecule has 3 aromatic rings. The highest BCUT2D eigenvalue weighted by atomic mass is 35.5. The third kappa shape index (κ3) is 3.46. The first-order chi connectivity index (χ1) is 11.6. The standard InChI is InChI=1S/C18H14ClFN2O2/c1-2-15-11-17(22(21-15)16-8-6-13(19)7-9-16)24-18(23)12-4-3-5-14(20)10-12/h3-11H,2H2,1H3. The molecule has 0 saturated carbocycles. The van der Waals surface area contributed by atoms with Crippen molar-refractivity contribution in [3.05, 3.63) is 76.7 Å². The molecule has 0 N–H and O–H groups in total. The van der Waals surface area contributed by atoms with Crippen LogP contribution in [0.2, 0.25) is 5.02 Å². The molecular formula is C18H14ClFN2O2. The number of esters is 1. The maximum atomic E-state index is 13.3. The van der Waals surface area contributed by atoms with E-state index in [-0.39, 0.29) is 11.4 Å². The van der Waals surface area contributed by atoms with Crippen molar-refractivity contribution in [1.82, 2.24) is 9.78 Å². The highest BCUT2D eigenvalue weighted by Gasteiger charge is 2.16. The zero-order chi connectivity index (χ0) is 17.1. The lowest BCUT2D eigenvalue weighted by Gasteiger charge is -2.08. The largest absolute Gasteiger partial charge is 0.404 e. The monoisotopic (exact) mass is 344 g/mol. The summed E-state index contributed by atoms with van der Waals surface area (Å²) in [5.41, 5.74) is 1.62. The molecule has 4 nitrogen and oxygen atoms in total. The molecule has 2 aromatic carbocycles. The number of ether oxygens (including phenoxy) is 1. The molecule has 0 bridgehead atoms. The van der Waals surface area contributed by atoms with Crippen molar-refractivity contribution in [3.8, 4) is 11.6 Å².